The molecule has 0 saturated carbocycles. The van der Waals surface area contributed by atoms with E-state index in [1.165, 1.54) is 12.1 Å². The number of nitrogens with zero attached hydrogens (tertiary/aromatic N) is 3. The van der Waals surface area contributed by atoms with E-state index in [1.807, 2.05) is 41.3 Å². The maximum Gasteiger partial charge on any atom is 0.322 e. The van der Waals surface area contributed by atoms with Crippen LogP contribution in [-0.4, -0.2) is 49.2 Å². The van der Waals surface area contributed by atoms with Gasteiger partial charge >= 0.3 is 6.03 Å². The van der Waals surface area contributed by atoms with Crippen LogP contribution in [0.5, 0.6) is 0 Å². The number of carbonyl (C=O) groups excluding carboxylic acids is 1. The lowest BCUT2D eigenvalue weighted by Crippen LogP contribution is -2.51. The standard InChI is InChI=1S/C23H29FN4O/c1-17(2)26-12-11-20(16-26)25-23(29)28-14-13-27(21-5-3-4-6-22(21)28)15-18-7-9-19(24)10-8-18/h3-10,17,20H,11-16H2,1-2H3,(H,25,29)/t20-/m1/s1. The number of rotatable bonds is 4. The minimum Gasteiger partial charge on any atom is -0.364 e. The molecular formula is C23H29FN4O. The molecule has 0 aromatic heterocycles. The highest BCUT2D eigenvalue weighted by Gasteiger charge is 2.30. The molecule has 1 N–H and O–H groups in total. The Kier molecular flexibility index (Phi) is 5.72. The predicted octanol–water partition coefficient (Wildman–Crippen LogP) is 3.84. The van der Waals surface area contributed by atoms with Crippen LogP contribution in [0.15, 0.2) is 48.5 Å². The van der Waals surface area contributed by atoms with E-state index < -0.39 is 0 Å². The van der Waals surface area contributed by atoms with Crippen molar-refractivity contribution in [2.45, 2.75) is 38.9 Å². The molecule has 4 rings (SSSR count). The zero-order valence-corrected chi connectivity index (χ0v) is 17.1. The molecular weight excluding hydrogens is 367 g/mol. The van der Waals surface area contributed by atoms with Crippen molar-refractivity contribution < 1.29 is 9.18 Å². The minimum atomic E-state index is -0.224. The maximum atomic E-state index is 13.2. The van der Waals surface area contributed by atoms with Crippen LogP contribution in [0.2, 0.25) is 0 Å². The molecule has 2 amide bonds. The monoisotopic (exact) mass is 396 g/mol. The Morgan fingerprint density at radius 2 is 1.79 bits per heavy atom. The second kappa shape index (κ2) is 8.41. The van der Waals surface area contributed by atoms with Crippen molar-refractivity contribution in [2.24, 2.45) is 0 Å². The summed E-state index contributed by atoms with van der Waals surface area (Å²) >= 11 is 0. The molecule has 1 saturated heterocycles. The van der Waals surface area contributed by atoms with Gasteiger partial charge in [-0.2, -0.15) is 0 Å². The van der Waals surface area contributed by atoms with E-state index in [0.29, 0.717) is 19.1 Å². The molecule has 6 heteroatoms. The van der Waals surface area contributed by atoms with E-state index in [0.717, 1.165) is 43.0 Å². The van der Waals surface area contributed by atoms with Gasteiger partial charge in [-0.15, -0.1) is 0 Å². The topological polar surface area (TPSA) is 38.8 Å². The lowest BCUT2D eigenvalue weighted by Gasteiger charge is -2.38. The number of carbonyl (C=O) groups is 1. The summed E-state index contributed by atoms with van der Waals surface area (Å²) in [6, 6.07) is 15.3. The molecule has 1 fully saturated rings. The normalized spacial score (nSPS) is 19.5. The Balaban J connectivity index is 1.46. The molecule has 1 atom stereocenters. The molecule has 2 aliphatic heterocycles. The summed E-state index contributed by atoms with van der Waals surface area (Å²) in [5, 5.41) is 3.23. The molecule has 0 spiro atoms. The first kappa shape index (κ1) is 19.7. The van der Waals surface area contributed by atoms with Gasteiger partial charge in [-0.1, -0.05) is 24.3 Å². The minimum absolute atomic E-state index is 0.0190. The number of halogens is 1. The summed E-state index contributed by atoms with van der Waals surface area (Å²) in [7, 11) is 0. The lowest BCUT2D eigenvalue weighted by atomic mass is 10.1. The summed E-state index contributed by atoms with van der Waals surface area (Å²) in [5.74, 6) is -0.224. The SMILES string of the molecule is CC(C)N1CC[C@@H](NC(=O)N2CCN(Cc3ccc(F)cc3)c3ccccc32)C1. The molecule has 29 heavy (non-hydrogen) atoms. The number of nitrogens with one attached hydrogen (secondary N) is 1. The molecule has 5 nitrogen and oxygen atoms in total. The molecule has 0 radical (unpaired) electrons. The third kappa shape index (κ3) is 4.37. The number of hydrogen-bond acceptors (Lipinski definition) is 3. The first-order valence-electron chi connectivity index (χ1n) is 10.4. The van der Waals surface area contributed by atoms with Gasteiger partial charge in [-0.25, -0.2) is 9.18 Å². The van der Waals surface area contributed by atoms with E-state index in [2.05, 4.69) is 29.0 Å². The highest BCUT2D eigenvalue weighted by molar-refractivity contribution is 5.97. The van der Waals surface area contributed by atoms with Gasteiger partial charge in [-0.3, -0.25) is 9.80 Å². The quantitative estimate of drug-likeness (QED) is 0.853. The molecule has 2 aromatic carbocycles. The fourth-order valence-corrected chi connectivity index (χ4v) is 4.23. The number of benzene rings is 2. The van der Waals surface area contributed by atoms with Crippen LogP contribution in [0.3, 0.4) is 0 Å². The zero-order valence-electron chi connectivity index (χ0n) is 17.1. The second-order valence-electron chi connectivity index (χ2n) is 8.21. The summed E-state index contributed by atoms with van der Waals surface area (Å²) < 4.78 is 13.2. The van der Waals surface area contributed by atoms with Gasteiger partial charge in [0.25, 0.3) is 0 Å². The van der Waals surface area contributed by atoms with Crippen molar-refractivity contribution in [3.05, 3.63) is 59.9 Å². The number of anilines is 2. The van der Waals surface area contributed by atoms with Crippen LogP contribution in [0, 0.1) is 5.82 Å². The van der Waals surface area contributed by atoms with E-state index in [1.54, 1.807) is 0 Å². The van der Waals surface area contributed by atoms with Crippen molar-refractivity contribution >= 4 is 17.4 Å². The van der Waals surface area contributed by atoms with Crippen LogP contribution < -0.4 is 15.1 Å². The molecule has 154 valence electrons. The Hall–Kier alpha value is -2.60. The number of fused-ring (bicyclic) bond motifs is 1. The van der Waals surface area contributed by atoms with E-state index in [9.17, 15) is 9.18 Å². The molecule has 0 aliphatic carbocycles. The Morgan fingerprint density at radius 1 is 1.07 bits per heavy atom. The summed E-state index contributed by atoms with van der Waals surface area (Å²) in [6.07, 6.45) is 0.996. The first-order chi connectivity index (χ1) is 14.0. The van der Waals surface area contributed by atoms with Gasteiger partial charge in [0, 0.05) is 44.8 Å². The third-order valence-electron chi connectivity index (χ3n) is 5.92. The van der Waals surface area contributed by atoms with Crippen LogP contribution in [0.4, 0.5) is 20.6 Å². The van der Waals surface area contributed by atoms with Crippen molar-refractivity contribution in [3.63, 3.8) is 0 Å². The van der Waals surface area contributed by atoms with E-state index in [-0.39, 0.29) is 17.9 Å². The highest BCUT2D eigenvalue weighted by Crippen LogP contribution is 2.34. The second-order valence-corrected chi connectivity index (χ2v) is 8.21. The fourth-order valence-electron chi connectivity index (χ4n) is 4.23. The van der Waals surface area contributed by atoms with Gasteiger partial charge in [-0.05, 0) is 50.1 Å². The van der Waals surface area contributed by atoms with E-state index >= 15 is 0 Å². The lowest BCUT2D eigenvalue weighted by molar-refractivity contribution is 0.238. The predicted molar refractivity (Wildman–Crippen MR) is 115 cm³/mol. The van der Waals surface area contributed by atoms with Crippen molar-refractivity contribution in [1.82, 2.24) is 10.2 Å². The molecule has 2 heterocycles. The number of para-hydroxylation sites is 2. The van der Waals surface area contributed by atoms with Gasteiger partial charge in [0.2, 0.25) is 0 Å². The van der Waals surface area contributed by atoms with Gasteiger partial charge < -0.3 is 10.2 Å². The van der Waals surface area contributed by atoms with Gasteiger partial charge in [0.05, 0.1) is 11.4 Å². The Bertz CT molecular complexity index is 854. The Labute approximate surface area is 172 Å². The molecule has 2 aromatic rings. The number of likely N-dealkylation sites (tertiary alicyclic amines) is 1. The first-order valence-corrected chi connectivity index (χ1v) is 10.4. The Morgan fingerprint density at radius 3 is 2.48 bits per heavy atom. The van der Waals surface area contributed by atoms with Gasteiger partial charge in [0.1, 0.15) is 5.82 Å². The van der Waals surface area contributed by atoms with Crippen LogP contribution in [-0.2, 0) is 6.54 Å². The molecule has 2 aliphatic rings. The number of amides is 2. The van der Waals surface area contributed by atoms with Crippen molar-refractivity contribution in [3.8, 4) is 0 Å². The average Bonchev–Trinajstić information content (AvgIpc) is 3.18. The van der Waals surface area contributed by atoms with Crippen molar-refractivity contribution in [2.75, 3.05) is 36.0 Å². The highest BCUT2D eigenvalue weighted by atomic mass is 19.1. The summed E-state index contributed by atoms with van der Waals surface area (Å²) in [5.41, 5.74) is 3.02. The fraction of sp³-hybridized carbons (Fsp3) is 0.435. The molecule has 0 bridgehead atoms. The zero-order chi connectivity index (χ0) is 20.4. The van der Waals surface area contributed by atoms with Crippen LogP contribution in [0.25, 0.3) is 0 Å². The molecule has 0 unspecified atom stereocenters. The number of urea groups is 1. The average molecular weight is 397 g/mol. The number of hydrogen-bond donors (Lipinski definition) is 1. The maximum absolute atomic E-state index is 13.2. The van der Waals surface area contributed by atoms with Crippen LogP contribution >= 0.6 is 0 Å². The third-order valence-corrected chi connectivity index (χ3v) is 5.92. The van der Waals surface area contributed by atoms with Crippen molar-refractivity contribution in [1.29, 1.82) is 0 Å². The van der Waals surface area contributed by atoms with Gasteiger partial charge in [0.15, 0.2) is 0 Å². The summed E-state index contributed by atoms with van der Waals surface area (Å²) in [4.78, 5) is 19.5. The van der Waals surface area contributed by atoms with Crippen LogP contribution in [0.1, 0.15) is 25.8 Å². The van der Waals surface area contributed by atoms with E-state index in [4.69, 9.17) is 0 Å². The smallest absolute Gasteiger partial charge is 0.322 e. The largest absolute Gasteiger partial charge is 0.364 e. The summed E-state index contributed by atoms with van der Waals surface area (Å²) in [6.45, 7) is 8.40.